The molecule has 2 heterocycles. The summed E-state index contributed by atoms with van der Waals surface area (Å²) in [6.45, 7) is 4.51. The quantitative estimate of drug-likeness (QED) is 0.773. The van der Waals surface area contributed by atoms with E-state index in [2.05, 4.69) is 4.90 Å². The first-order chi connectivity index (χ1) is 11.9. The van der Waals surface area contributed by atoms with E-state index in [1.165, 1.54) is 14.7 Å². The van der Waals surface area contributed by atoms with Gasteiger partial charge in [-0.05, 0) is 13.1 Å². The molecule has 0 atom stereocenters. The van der Waals surface area contributed by atoms with E-state index in [0.717, 1.165) is 19.2 Å². The largest absolute Gasteiger partial charge is 0.304 e. The zero-order valence-electron chi connectivity index (χ0n) is 14.4. The van der Waals surface area contributed by atoms with Gasteiger partial charge in [0.05, 0.1) is 0 Å². The van der Waals surface area contributed by atoms with Gasteiger partial charge in [-0.3, -0.25) is 4.90 Å². The third kappa shape index (κ3) is 4.17. The molecule has 0 amide bonds. The highest BCUT2D eigenvalue weighted by atomic mass is 32.2. The second-order valence-corrected chi connectivity index (χ2v) is 8.53. The lowest BCUT2D eigenvalue weighted by Crippen LogP contribution is -2.56. The fourth-order valence-corrected chi connectivity index (χ4v) is 4.79. The Kier molecular flexibility index (Phi) is 5.69. The van der Waals surface area contributed by atoms with Crippen LogP contribution >= 0.6 is 0 Å². The smallest absolute Gasteiger partial charge is 0.282 e. The van der Waals surface area contributed by atoms with Gasteiger partial charge >= 0.3 is 0 Å². The Morgan fingerprint density at radius 2 is 1.48 bits per heavy atom. The highest BCUT2D eigenvalue weighted by Gasteiger charge is 2.33. The van der Waals surface area contributed by atoms with Gasteiger partial charge < -0.3 is 4.90 Å². The van der Waals surface area contributed by atoms with Crippen LogP contribution in [0.2, 0.25) is 0 Å². The number of hydrogen-bond donors (Lipinski definition) is 0. The Labute approximate surface area is 147 Å². The molecule has 0 N–H and O–H groups in total. The molecule has 0 spiro atoms. The summed E-state index contributed by atoms with van der Waals surface area (Å²) in [6, 6.07) is 4.15. The van der Waals surface area contributed by atoms with Crippen molar-refractivity contribution in [3.8, 4) is 0 Å². The van der Waals surface area contributed by atoms with Crippen LogP contribution in [0.25, 0.3) is 0 Å². The molecule has 25 heavy (non-hydrogen) atoms. The van der Waals surface area contributed by atoms with Crippen molar-refractivity contribution in [1.82, 2.24) is 18.4 Å². The van der Waals surface area contributed by atoms with Gasteiger partial charge in [-0.15, -0.1) is 0 Å². The molecule has 0 unspecified atom stereocenters. The molecule has 0 aliphatic carbocycles. The van der Waals surface area contributed by atoms with Gasteiger partial charge in [0.2, 0.25) is 0 Å². The van der Waals surface area contributed by atoms with Crippen LogP contribution in [-0.2, 0) is 16.8 Å². The lowest BCUT2D eigenvalue weighted by molar-refractivity contribution is 0.163. The lowest BCUT2D eigenvalue weighted by atomic mass is 10.2. The molecule has 2 aliphatic rings. The average molecular weight is 374 g/mol. The summed E-state index contributed by atoms with van der Waals surface area (Å²) in [5.41, 5.74) is 0.301. The molecule has 2 aliphatic heterocycles. The van der Waals surface area contributed by atoms with E-state index in [1.54, 1.807) is 6.07 Å². The van der Waals surface area contributed by atoms with Gasteiger partial charge in [-0.25, -0.2) is 8.78 Å². The standard InChI is InChI=1S/C16H24F2N4O2S/c1-19-5-9-21(10-6-19)25(23,24)22-11-7-20(8-12-22)13-14-3-2-4-15(17)16(14)18/h2-4H,5-13H2,1H3. The van der Waals surface area contributed by atoms with Gasteiger partial charge in [0.1, 0.15) is 0 Å². The monoisotopic (exact) mass is 374 g/mol. The highest BCUT2D eigenvalue weighted by molar-refractivity contribution is 7.86. The van der Waals surface area contributed by atoms with Crippen LogP contribution in [0.15, 0.2) is 18.2 Å². The third-order valence-electron chi connectivity index (χ3n) is 4.87. The van der Waals surface area contributed by atoms with Crippen LogP contribution in [0.4, 0.5) is 8.78 Å². The Balaban J connectivity index is 1.57. The molecular formula is C16H24F2N4O2S. The van der Waals surface area contributed by atoms with Crippen molar-refractivity contribution in [2.45, 2.75) is 6.54 Å². The van der Waals surface area contributed by atoms with E-state index in [9.17, 15) is 17.2 Å². The van der Waals surface area contributed by atoms with Crippen LogP contribution in [0.5, 0.6) is 0 Å². The minimum atomic E-state index is -3.44. The molecule has 2 saturated heterocycles. The molecule has 6 nitrogen and oxygen atoms in total. The summed E-state index contributed by atoms with van der Waals surface area (Å²) in [5, 5.41) is 0. The van der Waals surface area contributed by atoms with Crippen molar-refractivity contribution in [2.75, 3.05) is 59.4 Å². The van der Waals surface area contributed by atoms with Gasteiger partial charge in [-0.2, -0.15) is 17.0 Å². The molecule has 0 saturated carbocycles. The number of likely N-dealkylation sites (N-methyl/N-ethyl adjacent to an activating group) is 1. The molecule has 1 aromatic rings. The first-order valence-electron chi connectivity index (χ1n) is 8.47. The second-order valence-electron chi connectivity index (χ2n) is 6.60. The molecule has 140 valence electrons. The number of nitrogens with zero attached hydrogens (tertiary/aromatic N) is 4. The van der Waals surface area contributed by atoms with Crippen molar-refractivity contribution >= 4 is 10.2 Å². The molecule has 9 heteroatoms. The van der Waals surface area contributed by atoms with Crippen LogP contribution in [-0.4, -0.2) is 86.2 Å². The molecule has 2 fully saturated rings. The number of hydrogen-bond acceptors (Lipinski definition) is 4. The highest BCUT2D eigenvalue weighted by Crippen LogP contribution is 2.18. The molecule has 1 aromatic carbocycles. The topological polar surface area (TPSA) is 47.1 Å². The van der Waals surface area contributed by atoms with E-state index in [1.807, 2.05) is 11.9 Å². The summed E-state index contributed by atoms with van der Waals surface area (Å²) in [6.07, 6.45) is 0. The molecule has 3 rings (SSSR count). The summed E-state index contributed by atoms with van der Waals surface area (Å²) in [4.78, 5) is 4.06. The number of piperazine rings is 2. The summed E-state index contributed by atoms with van der Waals surface area (Å²) >= 11 is 0. The molecule has 0 radical (unpaired) electrons. The van der Waals surface area contributed by atoms with Crippen LogP contribution in [0, 0.1) is 11.6 Å². The maximum absolute atomic E-state index is 13.8. The fourth-order valence-electron chi connectivity index (χ4n) is 3.21. The molecular weight excluding hydrogens is 350 g/mol. The normalized spacial score (nSPS) is 22.4. The third-order valence-corrected chi connectivity index (χ3v) is 6.91. The maximum atomic E-state index is 13.8. The van der Waals surface area contributed by atoms with Crippen molar-refractivity contribution < 1.29 is 17.2 Å². The summed E-state index contributed by atoms with van der Waals surface area (Å²) < 4.78 is 55.5. The SMILES string of the molecule is CN1CCN(S(=O)(=O)N2CCN(Cc3cccc(F)c3F)CC2)CC1. The number of rotatable bonds is 4. The van der Waals surface area contributed by atoms with Gasteiger partial charge in [-0.1, -0.05) is 12.1 Å². The Morgan fingerprint density at radius 3 is 2.08 bits per heavy atom. The van der Waals surface area contributed by atoms with E-state index >= 15 is 0 Å². The Hall–Kier alpha value is -1.13. The predicted molar refractivity (Wildman–Crippen MR) is 91.2 cm³/mol. The summed E-state index contributed by atoms with van der Waals surface area (Å²) in [7, 11) is -1.46. The Morgan fingerprint density at radius 1 is 0.920 bits per heavy atom. The number of halogens is 2. The van der Waals surface area contributed by atoms with E-state index in [-0.39, 0.29) is 6.54 Å². The van der Waals surface area contributed by atoms with E-state index in [4.69, 9.17) is 0 Å². The zero-order valence-corrected chi connectivity index (χ0v) is 15.2. The van der Waals surface area contributed by atoms with E-state index in [0.29, 0.717) is 44.8 Å². The first-order valence-corrected chi connectivity index (χ1v) is 9.86. The average Bonchev–Trinajstić information content (AvgIpc) is 2.60. The van der Waals surface area contributed by atoms with Crippen molar-refractivity contribution in [1.29, 1.82) is 0 Å². The first kappa shape index (κ1) is 18.7. The minimum Gasteiger partial charge on any atom is -0.304 e. The van der Waals surface area contributed by atoms with Gasteiger partial charge in [0.25, 0.3) is 10.2 Å². The maximum Gasteiger partial charge on any atom is 0.282 e. The lowest BCUT2D eigenvalue weighted by Gasteiger charge is -2.39. The van der Waals surface area contributed by atoms with Gasteiger partial charge in [0, 0.05) is 64.5 Å². The molecule has 0 aromatic heterocycles. The van der Waals surface area contributed by atoms with Crippen molar-refractivity contribution in [3.05, 3.63) is 35.4 Å². The molecule has 0 bridgehead atoms. The van der Waals surface area contributed by atoms with E-state index < -0.39 is 21.8 Å². The zero-order chi connectivity index (χ0) is 18.0. The van der Waals surface area contributed by atoms with Crippen LogP contribution in [0.1, 0.15) is 5.56 Å². The minimum absolute atomic E-state index is 0.284. The van der Waals surface area contributed by atoms with Gasteiger partial charge in [0.15, 0.2) is 11.6 Å². The van der Waals surface area contributed by atoms with Crippen molar-refractivity contribution in [2.24, 2.45) is 0 Å². The fraction of sp³-hybridized carbons (Fsp3) is 0.625. The van der Waals surface area contributed by atoms with Crippen LogP contribution in [0.3, 0.4) is 0 Å². The number of benzene rings is 1. The second kappa shape index (κ2) is 7.63. The Bertz CT molecular complexity index is 700. The predicted octanol–water partition coefficient (Wildman–Crippen LogP) is 0.575. The van der Waals surface area contributed by atoms with Crippen LogP contribution < -0.4 is 0 Å². The summed E-state index contributed by atoms with van der Waals surface area (Å²) in [5.74, 6) is -1.68. The van der Waals surface area contributed by atoms with Crippen molar-refractivity contribution in [3.63, 3.8) is 0 Å².